The molecule has 25 heavy (non-hydrogen) atoms. The first kappa shape index (κ1) is 15.4. The molecule has 0 radical (unpaired) electrons. The van der Waals surface area contributed by atoms with Crippen molar-refractivity contribution < 1.29 is 0 Å². The number of hydrazone groups is 1. The summed E-state index contributed by atoms with van der Waals surface area (Å²) in [6, 6.07) is 31.2. The van der Waals surface area contributed by atoms with Gasteiger partial charge >= 0.3 is 0 Å². The molecule has 1 atom stereocenters. The number of para-hydroxylation sites is 1. The van der Waals surface area contributed by atoms with E-state index in [2.05, 4.69) is 72.3 Å². The summed E-state index contributed by atoms with van der Waals surface area (Å²) in [6.07, 6.45) is 0.854. The minimum Gasteiger partial charge on any atom is -0.257 e. The zero-order chi connectivity index (χ0) is 17.1. The fourth-order valence-corrected chi connectivity index (χ4v) is 3.25. The van der Waals surface area contributed by atoms with Crippen molar-refractivity contribution in [2.75, 3.05) is 5.01 Å². The lowest BCUT2D eigenvalue weighted by molar-refractivity contribution is 0.805. The van der Waals surface area contributed by atoms with E-state index in [1.54, 1.807) is 0 Å². The highest BCUT2D eigenvalue weighted by Crippen LogP contribution is 2.33. The minimum absolute atomic E-state index is 0.125. The molecule has 122 valence electrons. The predicted molar refractivity (Wildman–Crippen MR) is 106 cm³/mol. The molecule has 0 saturated carbocycles. The number of hydrogen-bond donors (Lipinski definition) is 0. The lowest BCUT2D eigenvalue weighted by atomic mass is 9.94. The smallest absolute Gasteiger partial charge is 0.0831 e. The van der Waals surface area contributed by atoms with Gasteiger partial charge in [-0.1, -0.05) is 85.4 Å². The molecule has 0 aliphatic carbocycles. The van der Waals surface area contributed by atoms with Crippen molar-refractivity contribution in [2.24, 2.45) is 5.10 Å². The maximum absolute atomic E-state index is 4.95. The van der Waals surface area contributed by atoms with Gasteiger partial charge in [-0.2, -0.15) is 5.10 Å². The summed E-state index contributed by atoms with van der Waals surface area (Å²) in [7, 11) is 0. The van der Waals surface area contributed by atoms with Crippen molar-refractivity contribution >= 4 is 17.0 Å². The van der Waals surface area contributed by atoms with Crippen LogP contribution in [0.15, 0.2) is 103 Å². The maximum Gasteiger partial charge on any atom is 0.0831 e. The van der Waals surface area contributed by atoms with Crippen LogP contribution in [0.3, 0.4) is 0 Å². The highest BCUT2D eigenvalue weighted by Gasteiger charge is 2.30. The summed E-state index contributed by atoms with van der Waals surface area (Å²) in [5.41, 5.74) is 5.63. The topological polar surface area (TPSA) is 15.6 Å². The van der Waals surface area contributed by atoms with Crippen LogP contribution in [-0.2, 0) is 0 Å². The monoisotopic (exact) mass is 324 g/mol. The number of anilines is 1. The number of benzene rings is 3. The van der Waals surface area contributed by atoms with Crippen molar-refractivity contribution in [2.45, 2.75) is 12.5 Å². The van der Waals surface area contributed by atoms with Crippen molar-refractivity contribution in [1.29, 1.82) is 0 Å². The Hall–Kier alpha value is -3.13. The van der Waals surface area contributed by atoms with Gasteiger partial charge in [-0.15, -0.1) is 0 Å². The Labute approximate surface area is 148 Å². The highest BCUT2D eigenvalue weighted by atomic mass is 15.5. The van der Waals surface area contributed by atoms with Crippen LogP contribution in [0.2, 0.25) is 0 Å². The SMILES string of the molecule is C=C(c1ccccc1)C1CC(c2ccccc2)=NN1c1ccccc1. The van der Waals surface area contributed by atoms with Gasteiger partial charge in [-0.3, -0.25) is 5.01 Å². The van der Waals surface area contributed by atoms with Crippen molar-refractivity contribution in [3.63, 3.8) is 0 Å². The maximum atomic E-state index is 4.95. The van der Waals surface area contributed by atoms with Crippen LogP contribution in [0, 0.1) is 0 Å². The van der Waals surface area contributed by atoms with E-state index in [9.17, 15) is 0 Å². The third kappa shape index (κ3) is 3.11. The molecule has 0 saturated heterocycles. The molecular formula is C23H20N2. The molecule has 0 aromatic heterocycles. The Bertz CT molecular complexity index is 883. The van der Waals surface area contributed by atoms with Crippen molar-refractivity contribution in [3.8, 4) is 0 Å². The molecule has 2 nitrogen and oxygen atoms in total. The zero-order valence-corrected chi connectivity index (χ0v) is 14.0. The van der Waals surface area contributed by atoms with Crippen LogP contribution < -0.4 is 5.01 Å². The molecule has 1 unspecified atom stereocenters. The zero-order valence-electron chi connectivity index (χ0n) is 14.0. The van der Waals surface area contributed by atoms with Gasteiger partial charge in [0.15, 0.2) is 0 Å². The van der Waals surface area contributed by atoms with Gasteiger partial charge in [0.25, 0.3) is 0 Å². The number of nitrogens with zero attached hydrogens (tertiary/aromatic N) is 2. The second-order valence-corrected chi connectivity index (χ2v) is 6.20. The highest BCUT2D eigenvalue weighted by molar-refractivity contribution is 6.04. The van der Waals surface area contributed by atoms with E-state index in [0.29, 0.717) is 0 Å². The fraction of sp³-hybridized carbons (Fsp3) is 0.0870. The first-order valence-corrected chi connectivity index (χ1v) is 8.54. The van der Waals surface area contributed by atoms with Gasteiger partial charge in [0.05, 0.1) is 17.4 Å². The molecular weight excluding hydrogens is 304 g/mol. The van der Waals surface area contributed by atoms with Crippen LogP contribution in [-0.4, -0.2) is 11.8 Å². The average Bonchev–Trinajstić information content (AvgIpc) is 3.15. The lowest BCUT2D eigenvalue weighted by Crippen LogP contribution is -2.27. The lowest BCUT2D eigenvalue weighted by Gasteiger charge is -2.25. The minimum atomic E-state index is 0.125. The summed E-state index contributed by atoms with van der Waals surface area (Å²) >= 11 is 0. The van der Waals surface area contributed by atoms with E-state index in [1.807, 2.05) is 30.3 Å². The molecule has 0 spiro atoms. The van der Waals surface area contributed by atoms with Crippen LogP contribution >= 0.6 is 0 Å². The van der Waals surface area contributed by atoms with Crippen LogP contribution in [0.4, 0.5) is 5.69 Å². The molecule has 0 fully saturated rings. The second-order valence-electron chi connectivity index (χ2n) is 6.20. The van der Waals surface area contributed by atoms with Gasteiger partial charge in [0.1, 0.15) is 0 Å². The van der Waals surface area contributed by atoms with E-state index in [-0.39, 0.29) is 6.04 Å². The first-order chi connectivity index (χ1) is 12.3. The molecule has 0 amide bonds. The standard InChI is InChI=1S/C23H20N2/c1-18(19-11-5-2-6-12-19)23-17-22(20-13-7-3-8-14-20)24-25(23)21-15-9-4-10-16-21/h2-16,23H,1,17H2. The molecule has 3 aromatic carbocycles. The molecule has 2 heteroatoms. The van der Waals surface area contributed by atoms with Crippen molar-refractivity contribution in [3.05, 3.63) is 109 Å². The Morgan fingerprint density at radius 1 is 0.800 bits per heavy atom. The van der Waals surface area contributed by atoms with E-state index in [1.165, 1.54) is 5.56 Å². The summed E-state index contributed by atoms with van der Waals surface area (Å²) in [6.45, 7) is 4.40. The second kappa shape index (κ2) is 6.78. The van der Waals surface area contributed by atoms with Gasteiger partial charge in [0, 0.05) is 6.42 Å². The molecule has 0 N–H and O–H groups in total. The molecule has 1 aliphatic heterocycles. The third-order valence-electron chi connectivity index (χ3n) is 4.58. The van der Waals surface area contributed by atoms with Crippen LogP contribution in [0.25, 0.3) is 5.57 Å². The van der Waals surface area contributed by atoms with Gasteiger partial charge in [0.2, 0.25) is 0 Å². The Morgan fingerprint density at radius 3 is 2.00 bits per heavy atom. The van der Waals surface area contributed by atoms with E-state index < -0.39 is 0 Å². The van der Waals surface area contributed by atoms with E-state index in [4.69, 9.17) is 5.10 Å². The van der Waals surface area contributed by atoms with Gasteiger partial charge in [-0.25, -0.2) is 0 Å². The van der Waals surface area contributed by atoms with Gasteiger partial charge < -0.3 is 0 Å². The van der Waals surface area contributed by atoms with Gasteiger partial charge in [-0.05, 0) is 28.8 Å². The van der Waals surface area contributed by atoms with E-state index in [0.717, 1.165) is 29.0 Å². The molecule has 3 aromatic rings. The van der Waals surface area contributed by atoms with E-state index >= 15 is 0 Å². The predicted octanol–water partition coefficient (Wildman–Crippen LogP) is 5.38. The summed E-state index contributed by atoms with van der Waals surface area (Å²) in [5, 5.41) is 7.05. The Balaban J connectivity index is 1.72. The summed E-state index contributed by atoms with van der Waals surface area (Å²) < 4.78 is 0. The largest absolute Gasteiger partial charge is 0.257 e. The summed E-state index contributed by atoms with van der Waals surface area (Å²) in [4.78, 5) is 0. The fourth-order valence-electron chi connectivity index (χ4n) is 3.25. The third-order valence-corrected chi connectivity index (χ3v) is 4.58. The average molecular weight is 324 g/mol. The molecule has 4 rings (SSSR count). The van der Waals surface area contributed by atoms with Crippen molar-refractivity contribution in [1.82, 2.24) is 0 Å². The van der Waals surface area contributed by atoms with Crippen LogP contribution in [0.1, 0.15) is 17.5 Å². The van der Waals surface area contributed by atoms with Crippen LogP contribution in [0.5, 0.6) is 0 Å². The normalized spacial score (nSPS) is 16.6. The quantitative estimate of drug-likeness (QED) is 0.629. The first-order valence-electron chi connectivity index (χ1n) is 8.54. The number of rotatable bonds is 4. The Morgan fingerprint density at radius 2 is 1.36 bits per heavy atom. The Kier molecular flexibility index (Phi) is 4.17. The summed E-state index contributed by atoms with van der Waals surface area (Å²) in [5.74, 6) is 0. The number of hydrogen-bond acceptors (Lipinski definition) is 2. The molecule has 1 aliphatic rings. The molecule has 0 bridgehead atoms. The molecule has 1 heterocycles.